The second-order valence-corrected chi connectivity index (χ2v) is 6.91. The first-order chi connectivity index (χ1) is 10.9. The predicted molar refractivity (Wildman–Crippen MR) is 91.2 cm³/mol. The summed E-state index contributed by atoms with van der Waals surface area (Å²) in [6.07, 6.45) is 1.31. The monoisotopic (exact) mass is 336 g/mol. The van der Waals surface area contributed by atoms with Crippen LogP contribution >= 0.6 is 11.3 Å². The van der Waals surface area contributed by atoms with Gasteiger partial charge in [0.05, 0.1) is 18.4 Å². The van der Waals surface area contributed by atoms with Gasteiger partial charge < -0.3 is 15.1 Å². The van der Waals surface area contributed by atoms with Gasteiger partial charge in [0.1, 0.15) is 0 Å². The van der Waals surface area contributed by atoms with Crippen molar-refractivity contribution in [2.75, 3.05) is 32.5 Å². The number of aryl methyl sites for hydroxylation is 1. The van der Waals surface area contributed by atoms with Gasteiger partial charge in [-0.05, 0) is 45.3 Å². The van der Waals surface area contributed by atoms with Crippen molar-refractivity contribution in [3.05, 3.63) is 46.2 Å². The molecule has 0 aliphatic rings. The van der Waals surface area contributed by atoms with Crippen LogP contribution < -0.4 is 5.32 Å². The Morgan fingerprint density at radius 2 is 2.04 bits per heavy atom. The second-order valence-electron chi connectivity index (χ2n) is 5.54. The highest BCUT2D eigenvalue weighted by Crippen LogP contribution is 2.18. The van der Waals surface area contributed by atoms with Gasteiger partial charge in [0, 0.05) is 22.8 Å². The Morgan fingerprint density at radius 3 is 2.61 bits per heavy atom. The zero-order valence-corrected chi connectivity index (χ0v) is 14.4. The van der Waals surface area contributed by atoms with Gasteiger partial charge >= 0.3 is 6.03 Å². The molecule has 23 heavy (non-hydrogen) atoms. The molecule has 0 bridgehead atoms. The third kappa shape index (κ3) is 5.61. The standard InChI is InChI=1S/C16H21FN4OS/c1-12-4-6-14(23-12)11-21(9-8-20(2)3)16(22)19-13-5-7-15(17)18-10-13/h4-7,10H,8-9,11H2,1-3H3,(H,19,22). The number of urea groups is 1. The lowest BCUT2D eigenvalue weighted by molar-refractivity contribution is 0.203. The minimum absolute atomic E-state index is 0.216. The van der Waals surface area contributed by atoms with Crippen LogP contribution in [0.15, 0.2) is 30.5 Å². The Kier molecular flexibility index (Phi) is 6.06. The number of halogens is 1. The maximum atomic E-state index is 12.8. The molecule has 2 heterocycles. The molecule has 0 fully saturated rings. The smallest absolute Gasteiger partial charge is 0.318 e. The van der Waals surface area contributed by atoms with Gasteiger partial charge in [-0.15, -0.1) is 11.3 Å². The van der Waals surface area contributed by atoms with E-state index >= 15 is 0 Å². The number of carbonyl (C=O) groups excluding carboxylic acids is 1. The molecule has 0 atom stereocenters. The normalized spacial score (nSPS) is 10.8. The quantitative estimate of drug-likeness (QED) is 0.824. The molecule has 2 rings (SSSR count). The lowest BCUT2D eigenvalue weighted by atomic mass is 10.3. The average molecular weight is 336 g/mol. The van der Waals surface area contributed by atoms with E-state index in [1.165, 1.54) is 23.2 Å². The molecule has 0 unspecified atom stereocenters. The zero-order chi connectivity index (χ0) is 16.8. The van der Waals surface area contributed by atoms with Crippen molar-refractivity contribution in [1.82, 2.24) is 14.8 Å². The minimum atomic E-state index is -0.568. The number of rotatable bonds is 6. The highest BCUT2D eigenvalue weighted by atomic mass is 32.1. The fraction of sp³-hybridized carbons (Fsp3) is 0.375. The van der Waals surface area contributed by atoms with Crippen LogP contribution in [0.1, 0.15) is 9.75 Å². The SMILES string of the molecule is Cc1ccc(CN(CCN(C)C)C(=O)Nc2ccc(F)nc2)s1. The summed E-state index contributed by atoms with van der Waals surface area (Å²) in [5.41, 5.74) is 0.480. The van der Waals surface area contributed by atoms with Gasteiger partial charge in [-0.2, -0.15) is 4.39 Å². The maximum Gasteiger partial charge on any atom is 0.322 e. The highest BCUT2D eigenvalue weighted by Gasteiger charge is 2.15. The van der Waals surface area contributed by atoms with Crippen LogP contribution in [-0.4, -0.2) is 48.0 Å². The summed E-state index contributed by atoms with van der Waals surface area (Å²) in [7, 11) is 3.94. The number of aromatic nitrogens is 1. The number of amides is 2. The topological polar surface area (TPSA) is 48.5 Å². The second kappa shape index (κ2) is 8.03. The molecule has 2 aromatic heterocycles. The molecule has 2 aromatic rings. The van der Waals surface area contributed by atoms with Gasteiger partial charge in [-0.25, -0.2) is 9.78 Å². The van der Waals surface area contributed by atoms with Crippen molar-refractivity contribution in [2.45, 2.75) is 13.5 Å². The number of pyridine rings is 1. The Bertz CT molecular complexity index is 642. The number of likely N-dealkylation sites (N-methyl/N-ethyl adjacent to an activating group) is 1. The first-order valence-electron chi connectivity index (χ1n) is 7.31. The molecular weight excluding hydrogens is 315 g/mol. The van der Waals surface area contributed by atoms with Crippen molar-refractivity contribution in [1.29, 1.82) is 0 Å². The Balaban J connectivity index is 2.04. The van der Waals surface area contributed by atoms with Crippen molar-refractivity contribution in [3.8, 4) is 0 Å². The van der Waals surface area contributed by atoms with E-state index in [-0.39, 0.29) is 6.03 Å². The fourth-order valence-electron chi connectivity index (χ4n) is 1.98. The third-order valence-electron chi connectivity index (χ3n) is 3.23. The van der Waals surface area contributed by atoms with Crippen molar-refractivity contribution < 1.29 is 9.18 Å². The van der Waals surface area contributed by atoms with Crippen LogP contribution in [0.5, 0.6) is 0 Å². The Hall–Kier alpha value is -1.99. The Labute approximate surface area is 139 Å². The van der Waals surface area contributed by atoms with E-state index < -0.39 is 5.95 Å². The van der Waals surface area contributed by atoms with Crippen LogP contribution in [0.2, 0.25) is 0 Å². The van der Waals surface area contributed by atoms with E-state index in [0.717, 1.165) is 11.4 Å². The number of nitrogens with zero attached hydrogens (tertiary/aromatic N) is 3. The molecule has 0 radical (unpaired) electrons. The molecule has 0 spiro atoms. The molecule has 0 aliphatic heterocycles. The fourth-order valence-corrected chi connectivity index (χ4v) is 2.89. The molecule has 124 valence electrons. The lowest BCUT2D eigenvalue weighted by Crippen LogP contribution is -2.38. The van der Waals surface area contributed by atoms with Gasteiger partial charge in [0.15, 0.2) is 0 Å². The van der Waals surface area contributed by atoms with Crippen LogP contribution in [0.25, 0.3) is 0 Å². The molecule has 7 heteroatoms. The molecular formula is C16H21FN4OS. The third-order valence-corrected chi connectivity index (χ3v) is 4.21. The summed E-state index contributed by atoms with van der Waals surface area (Å²) in [5, 5.41) is 2.76. The molecule has 0 aliphatic carbocycles. The summed E-state index contributed by atoms with van der Waals surface area (Å²) < 4.78 is 12.8. The molecule has 0 saturated carbocycles. The number of anilines is 1. The van der Waals surface area contributed by atoms with Gasteiger partial charge in [-0.3, -0.25) is 0 Å². The van der Waals surface area contributed by atoms with Crippen LogP contribution in [0, 0.1) is 12.9 Å². The molecule has 2 amide bonds. The van der Waals surface area contributed by atoms with Gasteiger partial charge in [0.25, 0.3) is 0 Å². The van der Waals surface area contributed by atoms with E-state index in [4.69, 9.17) is 0 Å². The number of thiophene rings is 1. The summed E-state index contributed by atoms with van der Waals surface area (Å²) in [4.78, 5) is 22.2. The summed E-state index contributed by atoms with van der Waals surface area (Å²) >= 11 is 1.68. The number of hydrogen-bond donors (Lipinski definition) is 1. The lowest BCUT2D eigenvalue weighted by Gasteiger charge is -2.24. The first kappa shape index (κ1) is 17.4. The predicted octanol–water partition coefficient (Wildman–Crippen LogP) is 3.19. The van der Waals surface area contributed by atoms with Crippen molar-refractivity contribution in [2.24, 2.45) is 0 Å². The largest absolute Gasteiger partial charge is 0.322 e. The maximum absolute atomic E-state index is 12.8. The van der Waals surface area contributed by atoms with E-state index in [1.807, 2.05) is 38.1 Å². The van der Waals surface area contributed by atoms with E-state index in [9.17, 15) is 9.18 Å². The van der Waals surface area contributed by atoms with Crippen molar-refractivity contribution in [3.63, 3.8) is 0 Å². The van der Waals surface area contributed by atoms with Gasteiger partial charge in [-0.1, -0.05) is 0 Å². The summed E-state index contributed by atoms with van der Waals surface area (Å²) in [6, 6.07) is 6.59. The van der Waals surface area contributed by atoms with E-state index in [0.29, 0.717) is 18.8 Å². The van der Waals surface area contributed by atoms with E-state index in [1.54, 1.807) is 16.2 Å². The minimum Gasteiger partial charge on any atom is -0.318 e. The van der Waals surface area contributed by atoms with Crippen LogP contribution in [-0.2, 0) is 6.54 Å². The first-order valence-corrected chi connectivity index (χ1v) is 8.13. The molecule has 5 nitrogen and oxygen atoms in total. The van der Waals surface area contributed by atoms with Gasteiger partial charge in [0.2, 0.25) is 5.95 Å². The number of nitrogens with one attached hydrogen (secondary N) is 1. The zero-order valence-electron chi connectivity index (χ0n) is 13.5. The average Bonchev–Trinajstić information content (AvgIpc) is 2.91. The number of carbonyl (C=O) groups is 1. The van der Waals surface area contributed by atoms with Crippen molar-refractivity contribution >= 4 is 23.1 Å². The summed E-state index contributed by atoms with van der Waals surface area (Å²) in [6.45, 7) is 3.96. The Morgan fingerprint density at radius 1 is 1.26 bits per heavy atom. The molecule has 1 N–H and O–H groups in total. The van der Waals surface area contributed by atoms with E-state index in [2.05, 4.69) is 10.3 Å². The highest BCUT2D eigenvalue weighted by molar-refractivity contribution is 7.11. The number of hydrogen-bond acceptors (Lipinski definition) is 4. The summed E-state index contributed by atoms with van der Waals surface area (Å²) in [5.74, 6) is -0.568. The molecule has 0 saturated heterocycles. The van der Waals surface area contributed by atoms with Crippen LogP contribution in [0.3, 0.4) is 0 Å². The van der Waals surface area contributed by atoms with Crippen LogP contribution in [0.4, 0.5) is 14.9 Å². The molecule has 0 aromatic carbocycles.